The minimum atomic E-state index is -0.383. The summed E-state index contributed by atoms with van der Waals surface area (Å²) in [6.45, 7) is 6.61. The van der Waals surface area contributed by atoms with Crippen LogP contribution >= 0.6 is 12.2 Å². The van der Waals surface area contributed by atoms with Gasteiger partial charge in [-0.15, -0.1) is 0 Å². The van der Waals surface area contributed by atoms with E-state index in [2.05, 4.69) is 45.0 Å². The summed E-state index contributed by atoms with van der Waals surface area (Å²) in [7, 11) is 1.38. The number of rotatable bonds is 9. The van der Waals surface area contributed by atoms with Crippen molar-refractivity contribution in [2.75, 3.05) is 19.0 Å². The highest BCUT2D eigenvalue weighted by atomic mass is 32.1. The fourth-order valence-electron chi connectivity index (χ4n) is 5.74. The molecule has 3 heterocycles. The van der Waals surface area contributed by atoms with Gasteiger partial charge in [-0.1, -0.05) is 37.3 Å². The number of methoxy groups -OCH3 is 1. The number of anilines is 1. The van der Waals surface area contributed by atoms with Crippen molar-refractivity contribution in [3.05, 3.63) is 113 Å². The molecule has 216 valence electrons. The topological polar surface area (TPSA) is 88.5 Å². The van der Waals surface area contributed by atoms with E-state index in [-0.39, 0.29) is 30.4 Å². The molecular weight excluding hydrogens is 546 g/mol. The second-order valence-electron chi connectivity index (χ2n) is 10.3. The number of benzene rings is 2. The third kappa shape index (κ3) is 5.78. The van der Waals surface area contributed by atoms with E-state index in [1.807, 2.05) is 67.6 Å². The maximum Gasteiger partial charge on any atom is 0.337 e. The van der Waals surface area contributed by atoms with Crippen LogP contribution in [-0.2, 0) is 16.0 Å². The van der Waals surface area contributed by atoms with Gasteiger partial charge in [-0.3, -0.25) is 9.78 Å². The van der Waals surface area contributed by atoms with E-state index in [0.29, 0.717) is 17.2 Å². The number of thiocarbonyl (C=S) groups is 1. The summed E-state index contributed by atoms with van der Waals surface area (Å²) in [5, 5.41) is 7.14. The van der Waals surface area contributed by atoms with E-state index in [1.54, 1.807) is 12.3 Å². The third-order valence-corrected chi connectivity index (χ3v) is 8.12. The van der Waals surface area contributed by atoms with Crippen LogP contribution in [0.15, 0.2) is 79.0 Å². The molecule has 0 unspecified atom stereocenters. The van der Waals surface area contributed by atoms with Gasteiger partial charge in [0.1, 0.15) is 0 Å². The predicted molar refractivity (Wildman–Crippen MR) is 168 cm³/mol. The minimum absolute atomic E-state index is 0.0659. The zero-order valence-electron chi connectivity index (χ0n) is 24.3. The van der Waals surface area contributed by atoms with Gasteiger partial charge in [0, 0.05) is 41.9 Å². The van der Waals surface area contributed by atoms with Crippen molar-refractivity contribution < 1.29 is 14.3 Å². The highest BCUT2D eigenvalue weighted by molar-refractivity contribution is 7.80. The van der Waals surface area contributed by atoms with Crippen LogP contribution in [0, 0.1) is 13.8 Å². The van der Waals surface area contributed by atoms with E-state index >= 15 is 0 Å². The summed E-state index contributed by atoms with van der Waals surface area (Å²) >= 11 is 5.85. The first-order valence-corrected chi connectivity index (χ1v) is 14.5. The summed E-state index contributed by atoms with van der Waals surface area (Å²) in [5.74, 6) is -0.449. The summed E-state index contributed by atoms with van der Waals surface area (Å²) in [6, 6.07) is 22.9. The molecule has 0 spiro atoms. The molecule has 0 bridgehead atoms. The highest BCUT2D eigenvalue weighted by Gasteiger charge is 2.41. The number of nitrogens with zero attached hydrogens (tertiary/aromatic N) is 3. The van der Waals surface area contributed by atoms with Crippen LogP contribution in [0.2, 0.25) is 0 Å². The molecule has 0 aliphatic carbocycles. The van der Waals surface area contributed by atoms with Crippen LogP contribution in [0.1, 0.15) is 64.0 Å². The molecule has 2 aromatic carbocycles. The molecule has 0 saturated carbocycles. The standard InChI is InChI=1S/C33H35N5O3S/c1-5-23-11-6-7-14-27(23)35-29(39)16-18-37-31(30(36-33(37)42)28-15-8-9-17-34-28)26-19-21(2)38(22(26)3)25-13-10-12-24(20-25)32(40)41-4/h6-15,17,19-20,30-31H,5,16,18H2,1-4H3,(H,35,39)(H,36,42)/t30-,31-/m1/s1. The van der Waals surface area contributed by atoms with Crippen LogP contribution in [0.4, 0.5) is 5.69 Å². The Morgan fingerprint density at radius 1 is 1.05 bits per heavy atom. The average Bonchev–Trinajstić information content (AvgIpc) is 3.50. The van der Waals surface area contributed by atoms with Crippen LogP contribution in [0.5, 0.6) is 0 Å². The van der Waals surface area contributed by atoms with E-state index < -0.39 is 0 Å². The number of para-hydroxylation sites is 1. The van der Waals surface area contributed by atoms with Crippen LogP contribution < -0.4 is 10.6 Å². The summed E-state index contributed by atoms with van der Waals surface area (Å²) in [6.07, 6.45) is 2.88. The Hall–Kier alpha value is -4.50. The lowest BCUT2D eigenvalue weighted by Crippen LogP contribution is -2.33. The third-order valence-electron chi connectivity index (χ3n) is 7.76. The van der Waals surface area contributed by atoms with Gasteiger partial charge in [0.25, 0.3) is 0 Å². The van der Waals surface area contributed by atoms with Crippen molar-refractivity contribution in [3.63, 3.8) is 0 Å². The van der Waals surface area contributed by atoms with Crippen molar-refractivity contribution in [3.8, 4) is 5.69 Å². The number of aryl methyl sites for hydroxylation is 2. The van der Waals surface area contributed by atoms with Crippen molar-refractivity contribution in [2.45, 2.75) is 45.7 Å². The Bertz CT molecular complexity index is 1620. The number of carbonyl (C=O) groups excluding carboxylic acids is 2. The number of aromatic nitrogens is 2. The lowest BCUT2D eigenvalue weighted by molar-refractivity contribution is -0.116. The van der Waals surface area contributed by atoms with Gasteiger partial charge < -0.3 is 24.8 Å². The SMILES string of the molecule is CCc1ccccc1NC(=O)CCN1C(=S)N[C@H](c2ccccn2)[C@H]1c1cc(C)n(-c2cccc(C(=O)OC)c2)c1C. The van der Waals surface area contributed by atoms with Gasteiger partial charge in [0.15, 0.2) is 5.11 Å². The van der Waals surface area contributed by atoms with E-state index in [0.717, 1.165) is 46.0 Å². The fourth-order valence-corrected chi connectivity index (χ4v) is 6.08. The second-order valence-corrected chi connectivity index (χ2v) is 10.7. The molecule has 2 aromatic heterocycles. The zero-order valence-corrected chi connectivity index (χ0v) is 25.1. The normalized spacial score (nSPS) is 16.3. The predicted octanol–water partition coefficient (Wildman–Crippen LogP) is 5.84. The Kier molecular flexibility index (Phi) is 8.68. The minimum Gasteiger partial charge on any atom is -0.465 e. The van der Waals surface area contributed by atoms with Gasteiger partial charge in [-0.25, -0.2) is 4.79 Å². The Balaban J connectivity index is 1.48. The second kappa shape index (κ2) is 12.6. The number of pyridine rings is 1. The summed E-state index contributed by atoms with van der Waals surface area (Å²) < 4.78 is 7.07. The van der Waals surface area contributed by atoms with Crippen molar-refractivity contribution in [1.29, 1.82) is 0 Å². The quantitative estimate of drug-likeness (QED) is 0.190. The number of carbonyl (C=O) groups is 2. The first-order chi connectivity index (χ1) is 20.3. The van der Waals surface area contributed by atoms with Crippen molar-refractivity contribution >= 4 is 34.9 Å². The maximum absolute atomic E-state index is 13.1. The first-order valence-electron chi connectivity index (χ1n) is 14.1. The Labute approximate surface area is 251 Å². The average molecular weight is 582 g/mol. The van der Waals surface area contributed by atoms with Crippen molar-refractivity contribution in [1.82, 2.24) is 19.8 Å². The molecule has 8 nitrogen and oxygen atoms in total. The van der Waals surface area contributed by atoms with E-state index in [9.17, 15) is 9.59 Å². The van der Waals surface area contributed by atoms with Gasteiger partial charge in [0.2, 0.25) is 5.91 Å². The van der Waals surface area contributed by atoms with E-state index in [1.165, 1.54) is 7.11 Å². The molecule has 0 radical (unpaired) electrons. The molecule has 42 heavy (non-hydrogen) atoms. The summed E-state index contributed by atoms with van der Waals surface area (Å²) in [4.78, 5) is 32.1. The summed E-state index contributed by atoms with van der Waals surface area (Å²) in [5.41, 5.74) is 7.24. The molecule has 1 aliphatic rings. The highest BCUT2D eigenvalue weighted by Crippen LogP contribution is 2.41. The number of nitrogens with one attached hydrogen (secondary N) is 2. The molecular formula is C33H35N5O3S. The Morgan fingerprint density at radius 3 is 2.57 bits per heavy atom. The zero-order chi connectivity index (χ0) is 29.8. The Morgan fingerprint density at radius 2 is 1.83 bits per heavy atom. The van der Waals surface area contributed by atoms with Gasteiger partial charge in [0.05, 0.1) is 30.5 Å². The molecule has 2 atom stereocenters. The van der Waals surface area contributed by atoms with E-state index in [4.69, 9.17) is 17.0 Å². The van der Waals surface area contributed by atoms with Crippen LogP contribution in [-0.4, -0.2) is 45.1 Å². The molecule has 1 saturated heterocycles. The molecule has 5 rings (SSSR count). The number of amides is 1. The van der Waals surface area contributed by atoms with Crippen LogP contribution in [0.25, 0.3) is 5.69 Å². The first kappa shape index (κ1) is 29.0. The molecule has 9 heteroatoms. The van der Waals surface area contributed by atoms with Gasteiger partial charge in [-0.05, 0) is 86.1 Å². The maximum atomic E-state index is 13.1. The smallest absolute Gasteiger partial charge is 0.337 e. The lowest BCUT2D eigenvalue weighted by Gasteiger charge is -2.28. The molecule has 1 amide bonds. The fraction of sp³-hybridized carbons (Fsp3) is 0.273. The number of ether oxygens (including phenoxy) is 1. The number of esters is 1. The number of hydrogen-bond donors (Lipinski definition) is 2. The number of hydrogen-bond acceptors (Lipinski definition) is 5. The van der Waals surface area contributed by atoms with Crippen molar-refractivity contribution in [2.24, 2.45) is 0 Å². The molecule has 2 N–H and O–H groups in total. The van der Waals surface area contributed by atoms with Crippen LogP contribution in [0.3, 0.4) is 0 Å². The lowest BCUT2D eigenvalue weighted by atomic mass is 9.96. The molecule has 1 fully saturated rings. The largest absolute Gasteiger partial charge is 0.465 e. The van der Waals surface area contributed by atoms with Gasteiger partial charge in [-0.2, -0.15) is 0 Å². The monoisotopic (exact) mass is 581 g/mol. The van der Waals surface area contributed by atoms with Gasteiger partial charge >= 0.3 is 5.97 Å². The molecule has 1 aliphatic heterocycles. The molecule has 4 aromatic rings.